The Morgan fingerprint density at radius 1 is 1.62 bits per heavy atom. The van der Waals surface area contributed by atoms with Crippen LogP contribution in [0.25, 0.3) is 0 Å². The van der Waals surface area contributed by atoms with Crippen LogP contribution in [0.5, 0.6) is 0 Å². The Kier molecular flexibility index (Phi) is 3.87. The summed E-state index contributed by atoms with van der Waals surface area (Å²) < 4.78 is 5.38. The molecule has 1 aromatic rings. The SMILES string of the molecule is COC(=O)c1cc(S)c(I)c(Cl)c1. The fourth-order valence-corrected chi connectivity index (χ4v) is 1.67. The van der Waals surface area contributed by atoms with Crippen LogP contribution in [0.1, 0.15) is 10.4 Å². The zero-order valence-corrected chi connectivity index (χ0v) is 10.5. The van der Waals surface area contributed by atoms with Crippen molar-refractivity contribution < 1.29 is 9.53 Å². The van der Waals surface area contributed by atoms with Crippen molar-refractivity contribution in [3.8, 4) is 0 Å². The maximum absolute atomic E-state index is 11.1. The Morgan fingerprint density at radius 2 is 2.23 bits per heavy atom. The maximum Gasteiger partial charge on any atom is 0.337 e. The number of hydrogen-bond acceptors (Lipinski definition) is 3. The molecule has 0 saturated heterocycles. The van der Waals surface area contributed by atoms with E-state index in [-0.39, 0.29) is 0 Å². The highest BCUT2D eigenvalue weighted by Gasteiger charge is 2.10. The third-order valence-electron chi connectivity index (χ3n) is 1.43. The lowest BCUT2D eigenvalue weighted by Gasteiger charge is -2.03. The zero-order valence-electron chi connectivity index (χ0n) is 6.67. The minimum atomic E-state index is -0.409. The lowest BCUT2D eigenvalue weighted by molar-refractivity contribution is 0.0600. The van der Waals surface area contributed by atoms with Gasteiger partial charge in [0, 0.05) is 8.47 Å². The van der Waals surface area contributed by atoms with Gasteiger partial charge in [-0.25, -0.2) is 4.79 Å². The summed E-state index contributed by atoms with van der Waals surface area (Å²) in [5, 5.41) is 0.508. The Bertz CT molecular complexity index is 331. The second-order valence-corrected chi connectivity index (χ2v) is 4.25. The van der Waals surface area contributed by atoms with Gasteiger partial charge in [-0.15, -0.1) is 12.6 Å². The number of esters is 1. The summed E-state index contributed by atoms with van der Waals surface area (Å²) >= 11 is 12.1. The zero-order chi connectivity index (χ0) is 10.0. The normalized spacial score (nSPS) is 9.85. The number of thiol groups is 1. The molecule has 0 atom stereocenters. The quantitative estimate of drug-likeness (QED) is 0.487. The second kappa shape index (κ2) is 4.52. The molecule has 0 aliphatic rings. The molecule has 1 aromatic carbocycles. The average Bonchev–Trinajstić information content (AvgIpc) is 2.12. The Morgan fingerprint density at radius 3 is 2.69 bits per heavy atom. The van der Waals surface area contributed by atoms with E-state index in [4.69, 9.17) is 11.6 Å². The van der Waals surface area contributed by atoms with E-state index in [0.29, 0.717) is 15.5 Å². The van der Waals surface area contributed by atoms with E-state index in [1.165, 1.54) is 7.11 Å². The molecule has 0 aliphatic carbocycles. The summed E-state index contributed by atoms with van der Waals surface area (Å²) in [6.45, 7) is 0. The number of ether oxygens (including phenoxy) is 1. The van der Waals surface area contributed by atoms with Gasteiger partial charge in [0.2, 0.25) is 0 Å². The van der Waals surface area contributed by atoms with E-state index in [1.54, 1.807) is 12.1 Å². The van der Waals surface area contributed by atoms with Crippen LogP contribution in [-0.2, 0) is 4.74 Å². The smallest absolute Gasteiger partial charge is 0.337 e. The molecule has 2 nitrogen and oxygen atoms in total. The monoisotopic (exact) mass is 328 g/mol. The van der Waals surface area contributed by atoms with Gasteiger partial charge in [0.05, 0.1) is 17.7 Å². The topological polar surface area (TPSA) is 26.3 Å². The molecule has 0 saturated carbocycles. The van der Waals surface area contributed by atoms with Crippen LogP contribution >= 0.6 is 46.8 Å². The molecule has 0 heterocycles. The summed E-state index contributed by atoms with van der Waals surface area (Å²) in [7, 11) is 1.33. The molecule has 0 N–H and O–H groups in total. The Labute approximate surface area is 100 Å². The van der Waals surface area contributed by atoms with E-state index in [1.807, 2.05) is 0 Å². The third-order valence-corrected chi connectivity index (χ3v) is 3.99. The molecule has 0 aliphatic heterocycles. The van der Waals surface area contributed by atoms with Gasteiger partial charge in [-0.3, -0.25) is 0 Å². The molecule has 13 heavy (non-hydrogen) atoms. The van der Waals surface area contributed by atoms with Crippen molar-refractivity contribution in [1.82, 2.24) is 0 Å². The van der Waals surface area contributed by atoms with Gasteiger partial charge in [0.1, 0.15) is 0 Å². The summed E-state index contributed by atoms with van der Waals surface area (Å²) in [5.74, 6) is -0.409. The molecule has 0 aromatic heterocycles. The van der Waals surface area contributed by atoms with Crippen LogP contribution in [0.3, 0.4) is 0 Å². The van der Waals surface area contributed by atoms with Gasteiger partial charge < -0.3 is 4.74 Å². The summed E-state index contributed by atoms with van der Waals surface area (Å²) in [4.78, 5) is 11.8. The van der Waals surface area contributed by atoms with Crippen molar-refractivity contribution in [2.45, 2.75) is 4.90 Å². The molecule has 1 rings (SSSR count). The number of hydrogen-bond donors (Lipinski definition) is 1. The van der Waals surface area contributed by atoms with Crippen LogP contribution in [0.2, 0.25) is 5.02 Å². The average molecular weight is 329 g/mol. The number of carbonyl (C=O) groups excluding carboxylic acids is 1. The molecule has 0 bridgehead atoms. The van der Waals surface area contributed by atoms with E-state index in [2.05, 4.69) is 40.0 Å². The van der Waals surface area contributed by atoms with Crippen molar-refractivity contribution in [2.75, 3.05) is 7.11 Å². The standard InChI is InChI=1S/C8H6ClIO2S/c1-12-8(11)4-2-5(9)7(10)6(13)3-4/h2-3,13H,1H3. The van der Waals surface area contributed by atoms with Crippen LogP contribution < -0.4 is 0 Å². The predicted octanol–water partition coefficient (Wildman–Crippen LogP) is 3.02. The van der Waals surface area contributed by atoms with Crippen LogP contribution in [0.4, 0.5) is 0 Å². The highest BCUT2D eigenvalue weighted by molar-refractivity contribution is 14.1. The molecule has 0 amide bonds. The number of rotatable bonds is 1. The summed E-state index contributed by atoms with van der Waals surface area (Å²) in [5.41, 5.74) is 0.415. The number of halogens is 2. The van der Waals surface area contributed by atoms with Gasteiger partial charge in [-0.05, 0) is 34.7 Å². The highest BCUT2D eigenvalue weighted by Crippen LogP contribution is 2.26. The molecule has 0 fully saturated rings. The second-order valence-electron chi connectivity index (χ2n) is 2.28. The van der Waals surface area contributed by atoms with E-state index in [0.717, 1.165) is 3.57 Å². The lowest BCUT2D eigenvalue weighted by Crippen LogP contribution is -2.01. The summed E-state index contributed by atoms with van der Waals surface area (Å²) in [6.07, 6.45) is 0. The number of benzene rings is 1. The van der Waals surface area contributed by atoms with E-state index >= 15 is 0 Å². The fraction of sp³-hybridized carbons (Fsp3) is 0.125. The van der Waals surface area contributed by atoms with Gasteiger partial charge in [0.25, 0.3) is 0 Å². The predicted molar refractivity (Wildman–Crippen MR) is 62.8 cm³/mol. The van der Waals surface area contributed by atoms with Gasteiger partial charge in [0.15, 0.2) is 0 Å². The Balaban J connectivity index is 3.20. The van der Waals surface area contributed by atoms with Crippen molar-refractivity contribution >= 4 is 52.8 Å². The van der Waals surface area contributed by atoms with Crippen LogP contribution in [0.15, 0.2) is 17.0 Å². The minimum absolute atomic E-state index is 0.409. The molecule has 70 valence electrons. The van der Waals surface area contributed by atoms with Gasteiger partial charge in [-0.1, -0.05) is 11.6 Å². The van der Waals surface area contributed by atoms with Crippen molar-refractivity contribution in [3.05, 3.63) is 26.3 Å². The van der Waals surface area contributed by atoms with Crippen LogP contribution in [0, 0.1) is 3.57 Å². The molecule has 0 spiro atoms. The lowest BCUT2D eigenvalue weighted by atomic mass is 10.2. The first-order chi connectivity index (χ1) is 6.06. The summed E-state index contributed by atoms with van der Waals surface area (Å²) in [6, 6.07) is 3.19. The van der Waals surface area contributed by atoms with Crippen molar-refractivity contribution in [3.63, 3.8) is 0 Å². The van der Waals surface area contributed by atoms with E-state index in [9.17, 15) is 4.79 Å². The largest absolute Gasteiger partial charge is 0.465 e. The van der Waals surface area contributed by atoms with Crippen molar-refractivity contribution in [1.29, 1.82) is 0 Å². The molecule has 5 heteroatoms. The molecular formula is C8H6ClIO2S. The molecule has 0 unspecified atom stereocenters. The third kappa shape index (κ3) is 2.51. The van der Waals surface area contributed by atoms with Crippen LogP contribution in [-0.4, -0.2) is 13.1 Å². The van der Waals surface area contributed by atoms with Gasteiger partial charge >= 0.3 is 5.97 Å². The minimum Gasteiger partial charge on any atom is -0.465 e. The highest BCUT2D eigenvalue weighted by atomic mass is 127. The van der Waals surface area contributed by atoms with E-state index < -0.39 is 5.97 Å². The number of methoxy groups -OCH3 is 1. The first-order valence-electron chi connectivity index (χ1n) is 3.32. The first kappa shape index (κ1) is 11.1. The maximum atomic E-state index is 11.1. The number of carbonyl (C=O) groups is 1. The molecular weight excluding hydrogens is 323 g/mol. The molecule has 0 radical (unpaired) electrons. The van der Waals surface area contributed by atoms with Gasteiger partial charge in [-0.2, -0.15) is 0 Å². The fourth-order valence-electron chi connectivity index (χ4n) is 0.810. The Hall–Kier alpha value is 0.0600. The first-order valence-corrected chi connectivity index (χ1v) is 5.23. The van der Waals surface area contributed by atoms with Crippen molar-refractivity contribution in [2.24, 2.45) is 0 Å².